The molecule has 2 atom stereocenters. The van der Waals surface area contributed by atoms with Gasteiger partial charge in [-0.05, 0) is 31.2 Å². The van der Waals surface area contributed by atoms with Crippen molar-refractivity contribution in [2.24, 2.45) is 5.73 Å². The molecule has 0 amide bonds. The number of pyridine rings is 1. The molecular weight excluding hydrogens is 314 g/mol. The van der Waals surface area contributed by atoms with Crippen molar-refractivity contribution in [3.8, 4) is 6.07 Å². The van der Waals surface area contributed by atoms with Gasteiger partial charge >= 0.3 is 0 Å². The molecule has 3 heterocycles. The molecule has 1 aromatic carbocycles. The molecule has 0 saturated carbocycles. The van der Waals surface area contributed by atoms with Gasteiger partial charge in [0.05, 0.1) is 23.3 Å². The summed E-state index contributed by atoms with van der Waals surface area (Å²) in [5.41, 5.74) is 8.40. The van der Waals surface area contributed by atoms with Crippen LogP contribution in [0.15, 0.2) is 30.5 Å². The first-order chi connectivity index (χ1) is 12.1. The number of ether oxygens (including phenoxy) is 1. The minimum Gasteiger partial charge on any atom is -0.370 e. The SMILES string of the molecule is C[C@@H]1CN(c2ccc(C#N)c3ncccc23)C[C@H](CN2CC(N)C2)O1. The highest BCUT2D eigenvalue weighted by Gasteiger charge is 2.31. The van der Waals surface area contributed by atoms with Crippen LogP contribution in [0.5, 0.6) is 0 Å². The quantitative estimate of drug-likeness (QED) is 0.911. The second kappa shape index (κ2) is 6.60. The highest BCUT2D eigenvalue weighted by molar-refractivity contribution is 5.95. The first-order valence-electron chi connectivity index (χ1n) is 8.80. The van der Waals surface area contributed by atoms with E-state index >= 15 is 0 Å². The Balaban J connectivity index is 1.60. The van der Waals surface area contributed by atoms with Crippen LogP contribution in [-0.2, 0) is 4.74 Å². The molecule has 2 aliphatic heterocycles. The number of nitrogens with two attached hydrogens (primary N) is 1. The number of likely N-dealkylation sites (tertiary alicyclic amines) is 1. The predicted molar refractivity (Wildman–Crippen MR) is 97.4 cm³/mol. The third kappa shape index (κ3) is 3.19. The molecule has 2 saturated heterocycles. The summed E-state index contributed by atoms with van der Waals surface area (Å²) in [5.74, 6) is 0. The van der Waals surface area contributed by atoms with Gasteiger partial charge in [0, 0.05) is 56.0 Å². The van der Waals surface area contributed by atoms with Crippen LogP contribution in [0.25, 0.3) is 10.9 Å². The molecule has 6 heteroatoms. The van der Waals surface area contributed by atoms with Crippen molar-refractivity contribution in [1.82, 2.24) is 9.88 Å². The predicted octanol–water partition coefficient (Wildman–Crippen LogP) is 1.34. The van der Waals surface area contributed by atoms with Crippen LogP contribution in [0, 0.1) is 11.3 Å². The number of rotatable bonds is 3. The lowest BCUT2D eigenvalue weighted by atomic mass is 10.1. The number of nitrogens with zero attached hydrogens (tertiary/aromatic N) is 4. The van der Waals surface area contributed by atoms with E-state index in [1.54, 1.807) is 6.20 Å². The largest absolute Gasteiger partial charge is 0.370 e. The van der Waals surface area contributed by atoms with Crippen molar-refractivity contribution in [2.45, 2.75) is 25.2 Å². The van der Waals surface area contributed by atoms with Crippen LogP contribution < -0.4 is 10.6 Å². The summed E-state index contributed by atoms with van der Waals surface area (Å²) in [6.45, 7) is 6.62. The zero-order valence-corrected chi connectivity index (χ0v) is 14.4. The van der Waals surface area contributed by atoms with Gasteiger partial charge < -0.3 is 15.4 Å². The molecule has 6 nitrogen and oxygen atoms in total. The summed E-state index contributed by atoms with van der Waals surface area (Å²) < 4.78 is 6.14. The minimum absolute atomic E-state index is 0.163. The van der Waals surface area contributed by atoms with Gasteiger partial charge in [0.2, 0.25) is 0 Å². The van der Waals surface area contributed by atoms with E-state index in [9.17, 15) is 5.26 Å². The molecule has 4 rings (SSSR count). The summed E-state index contributed by atoms with van der Waals surface area (Å²) in [5, 5.41) is 10.4. The van der Waals surface area contributed by atoms with Crippen LogP contribution in [0.1, 0.15) is 12.5 Å². The summed E-state index contributed by atoms with van der Waals surface area (Å²) >= 11 is 0. The molecule has 1 aromatic heterocycles. The molecule has 0 aliphatic carbocycles. The molecule has 0 spiro atoms. The van der Waals surface area contributed by atoms with Gasteiger partial charge in [-0.25, -0.2) is 0 Å². The average Bonchev–Trinajstić information content (AvgIpc) is 2.59. The molecule has 0 bridgehead atoms. The third-order valence-electron chi connectivity index (χ3n) is 4.98. The Labute approximate surface area is 147 Å². The lowest BCUT2D eigenvalue weighted by molar-refractivity contribution is -0.0429. The van der Waals surface area contributed by atoms with Crippen LogP contribution in [0.2, 0.25) is 0 Å². The summed E-state index contributed by atoms with van der Waals surface area (Å²) in [6, 6.07) is 10.4. The Hall–Kier alpha value is -2.20. The number of benzene rings is 1. The van der Waals surface area contributed by atoms with Gasteiger partial charge in [0.15, 0.2) is 0 Å². The molecule has 2 aromatic rings. The lowest BCUT2D eigenvalue weighted by Gasteiger charge is -2.44. The lowest BCUT2D eigenvalue weighted by Crippen LogP contribution is -2.60. The summed E-state index contributed by atoms with van der Waals surface area (Å²) in [4.78, 5) is 9.14. The van der Waals surface area contributed by atoms with E-state index in [2.05, 4.69) is 27.8 Å². The molecular formula is C19H23N5O. The molecule has 0 unspecified atom stereocenters. The van der Waals surface area contributed by atoms with E-state index in [1.165, 1.54) is 0 Å². The van der Waals surface area contributed by atoms with Crippen molar-refractivity contribution in [1.29, 1.82) is 5.26 Å². The Kier molecular flexibility index (Phi) is 4.30. The smallest absolute Gasteiger partial charge is 0.101 e. The maximum absolute atomic E-state index is 9.34. The number of hydrogen-bond donors (Lipinski definition) is 1. The van der Waals surface area contributed by atoms with Gasteiger partial charge in [-0.2, -0.15) is 5.26 Å². The number of anilines is 1. The Morgan fingerprint density at radius 2 is 2.12 bits per heavy atom. The first kappa shape index (κ1) is 16.3. The summed E-state index contributed by atoms with van der Waals surface area (Å²) in [7, 11) is 0. The highest BCUT2D eigenvalue weighted by atomic mass is 16.5. The van der Waals surface area contributed by atoms with E-state index in [-0.39, 0.29) is 12.2 Å². The summed E-state index contributed by atoms with van der Waals surface area (Å²) in [6.07, 6.45) is 2.07. The number of fused-ring (bicyclic) bond motifs is 1. The fraction of sp³-hybridized carbons (Fsp3) is 0.474. The number of hydrogen-bond acceptors (Lipinski definition) is 6. The van der Waals surface area contributed by atoms with Crippen molar-refractivity contribution in [3.63, 3.8) is 0 Å². The average molecular weight is 337 g/mol. The van der Waals surface area contributed by atoms with Gasteiger partial charge in [-0.3, -0.25) is 9.88 Å². The van der Waals surface area contributed by atoms with Crippen molar-refractivity contribution < 1.29 is 4.74 Å². The second-order valence-electron chi connectivity index (χ2n) is 7.10. The monoisotopic (exact) mass is 337 g/mol. The van der Waals surface area contributed by atoms with Crippen LogP contribution in [-0.4, -0.2) is 60.9 Å². The molecule has 2 aliphatic rings. The van der Waals surface area contributed by atoms with Crippen molar-refractivity contribution in [3.05, 3.63) is 36.0 Å². The fourth-order valence-electron chi connectivity index (χ4n) is 3.91. The van der Waals surface area contributed by atoms with Gasteiger partial charge in [0.1, 0.15) is 6.07 Å². The van der Waals surface area contributed by atoms with E-state index in [4.69, 9.17) is 10.5 Å². The van der Waals surface area contributed by atoms with Crippen molar-refractivity contribution in [2.75, 3.05) is 37.6 Å². The number of nitriles is 1. The fourth-order valence-corrected chi connectivity index (χ4v) is 3.91. The minimum atomic E-state index is 0.163. The van der Waals surface area contributed by atoms with Gasteiger partial charge in [0.25, 0.3) is 0 Å². The third-order valence-corrected chi connectivity index (χ3v) is 4.98. The van der Waals surface area contributed by atoms with E-state index in [1.807, 2.05) is 24.3 Å². The maximum atomic E-state index is 9.34. The number of morpholine rings is 1. The Bertz CT molecular complexity index is 811. The van der Waals surface area contributed by atoms with Gasteiger partial charge in [-0.1, -0.05) is 0 Å². The Morgan fingerprint density at radius 3 is 2.88 bits per heavy atom. The van der Waals surface area contributed by atoms with Crippen LogP contribution >= 0.6 is 0 Å². The van der Waals surface area contributed by atoms with Crippen LogP contribution in [0.3, 0.4) is 0 Å². The first-order valence-corrected chi connectivity index (χ1v) is 8.80. The van der Waals surface area contributed by atoms with Gasteiger partial charge in [-0.15, -0.1) is 0 Å². The zero-order chi connectivity index (χ0) is 17.4. The molecule has 2 N–H and O–H groups in total. The Morgan fingerprint density at radius 1 is 1.28 bits per heavy atom. The topological polar surface area (TPSA) is 78.4 Å². The van der Waals surface area contributed by atoms with Crippen molar-refractivity contribution >= 4 is 16.6 Å². The molecule has 25 heavy (non-hydrogen) atoms. The molecule has 2 fully saturated rings. The molecule has 130 valence electrons. The molecule has 0 radical (unpaired) electrons. The number of aromatic nitrogens is 1. The van der Waals surface area contributed by atoms with Crippen LogP contribution in [0.4, 0.5) is 5.69 Å². The van der Waals surface area contributed by atoms with E-state index in [0.717, 1.165) is 49.3 Å². The standard InChI is InChI=1S/C19H23N5O/c1-13-8-24(12-16(25-13)11-23-9-15(21)10-23)18-5-4-14(7-20)19-17(18)3-2-6-22-19/h2-6,13,15-16H,8-12,21H2,1H3/t13-,16+/m1/s1. The van der Waals surface area contributed by atoms with E-state index < -0.39 is 0 Å². The highest BCUT2D eigenvalue weighted by Crippen LogP contribution is 2.30. The normalized spacial score (nSPS) is 24.9. The maximum Gasteiger partial charge on any atom is 0.101 e. The second-order valence-corrected chi connectivity index (χ2v) is 7.10. The van der Waals surface area contributed by atoms with E-state index in [0.29, 0.717) is 11.6 Å². The zero-order valence-electron chi connectivity index (χ0n) is 14.4.